The summed E-state index contributed by atoms with van der Waals surface area (Å²) in [4.78, 5) is 11.5. The van der Waals surface area contributed by atoms with Crippen molar-refractivity contribution in [2.75, 3.05) is 6.61 Å². The maximum atomic E-state index is 13.1. The lowest BCUT2D eigenvalue weighted by Crippen LogP contribution is -2.29. The molecule has 1 aromatic rings. The van der Waals surface area contributed by atoms with Crippen LogP contribution in [0.5, 0.6) is 0 Å². The first-order chi connectivity index (χ1) is 12.7. The third kappa shape index (κ3) is 6.59. The topological polar surface area (TPSA) is 69.7 Å². The molecule has 1 aromatic carbocycles. The molecule has 0 fully saturated rings. The zero-order chi connectivity index (χ0) is 21.9. The van der Waals surface area contributed by atoms with Crippen LogP contribution in [-0.2, 0) is 23.8 Å². The largest absolute Gasteiger partial charge is 0.460 e. The molecule has 0 aliphatic carbocycles. The molecule has 28 heavy (non-hydrogen) atoms. The van der Waals surface area contributed by atoms with Gasteiger partial charge in [0.1, 0.15) is 10.5 Å². The van der Waals surface area contributed by atoms with E-state index in [0.29, 0.717) is 5.92 Å². The Kier molecular flexibility index (Phi) is 8.27. The van der Waals surface area contributed by atoms with E-state index in [2.05, 4.69) is 13.8 Å². The summed E-state index contributed by atoms with van der Waals surface area (Å²) in [6.07, 6.45) is 0.282. The number of hydrogen-bond donors (Lipinski definition) is 0. The Morgan fingerprint density at radius 2 is 1.43 bits per heavy atom. The molecule has 0 N–H and O–H groups in total. The zero-order valence-electron chi connectivity index (χ0n) is 18.8. The van der Waals surface area contributed by atoms with Gasteiger partial charge in [-0.3, -0.25) is 8.98 Å². The maximum Gasteiger partial charge on any atom is 0.303 e. The van der Waals surface area contributed by atoms with Crippen molar-refractivity contribution in [2.24, 2.45) is 0 Å². The minimum Gasteiger partial charge on any atom is -0.460 e. The highest BCUT2D eigenvalue weighted by Gasteiger charge is 2.29. The number of rotatable bonds is 9. The van der Waals surface area contributed by atoms with Crippen LogP contribution in [0.25, 0.3) is 0 Å². The van der Waals surface area contributed by atoms with Gasteiger partial charge in [-0.1, -0.05) is 53.7 Å². The van der Waals surface area contributed by atoms with Gasteiger partial charge in [-0.05, 0) is 48.3 Å². The van der Waals surface area contributed by atoms with E-state index >= 15 is 0 Å². The summed E-state index contributed by atoms with van der Waals surface area (Å²) in [5, 5.41) is 0. The van der Waals surface area contributed by atoms with Crippen molar-refractivity contribution in [3.63, 3.8) is 0 Å². The van der Waals surface area contributed by atoms with Gasteiger partial charge in [-0.25, -0.2) is 0 Å². The summed E-state index contributed by atoms with van der Waals surface area (Å²) < 4.78 is 36.9. The van der Waals surface area contributed by atoms with Crippen molar-refractivity contribution < 1.29 is 22.1 Å². The van der Waals surface area contributed by atoms with Crippen molar-refractivity contribution in [2.45, 2.75) is 97.0 Å². The fraction of sp³-hybridized carbons (Fsp3) is 0.682. The highest BCUT2D eigenvalue weighted by molar-refractivity contribution is 7.86. The van der Waals surface area contributed by atoms with Crippen molar-refractivity contribution in [3.8, 4) is 0 Å². The molecule has 0 aliphatic rings. The number of carbonyl (C=O) groups is 1. The van der Waals surface area contributed by atoms with Crippen molar-refractivity contribution in [1.29, 1.82) is 0 Å². The van der Waals surface area contributed by atoms with E-state index in [4.69, 9.17) is 8.92 Å². The summed E-state index contributed by atoms with van der Waals surface area (Å²) in [6, 6.07) is 3.97. The Hall–Kier alpha value is -1.40. The summed E-state index contributed by atoms with van der Waals surface area (Å²) in [5.41, 5.74) is 1.91. The van der Waals surface area contributed by atoms with E-state index in [-0.39, 0.29) is 29.8 Å². The van der Waals surface area contributed by atoms with E-state index in [1.54, 1.807) is 13.8 Å². The molecule has 160 valence electrons. The van der Waals surface area contributed by atoms with Gasteiger partial charge in [0.25, 0.3) is 10.1 Å². The second kappa shape index (κ2) is 9.40. The molecular formula is C22H36O5S. The first kappa shape index (κ1) is 24.6. The van der Waals surface area contributed by atoms with Gasteiger partial charge in [0.15, 0.2) is 0 Å². The molecule has 0 radical (unpaired) electrons. The van der Waals surface area contributed by atoms with Gasteiger partial charge >= 0.3 is 5.97 Å². The van der Waals surface area contributed by atoms with E-state index in [1.807, 2.05) is 39.8 Å². The Labute approximate surface area is 170 Å². The monoisotopic (exact) mass is 412 g/mol. The number of esters is 1. The van der Waals surface area contributed by atoms with Gasteiger partial charge in [0, 0.05) is 13.3 Å². The van der Waals surface area contributed by atoms with Gasteiger partial charge in [-0.2, -0.15) is 8.42 Å². The van der Waals surface area contributed by atoms with Crippen LogP contribution in [0.2, 0.25) is 0 Å². The molecule has 0 saturated carbocycles. The maximum absolute atomic E-state index is 13.1. The first-order valence-corrected chi connectivity index (χ1v) is 11.4. The second-order valence-corrected chi connectivity index (χ2v) is 10.4. The summed E-state index contributed by atoms with van der Waals surface area (Å²) in [7, 11) is -3.95. The van der Waals surface area contributed by atoms with Crippen LogP contribution in [0.1, 0.15) is 103 Å². The molecule has 0 saturated heterocycles. The lowest BCUT2D eigenvalue weighted by molar-refractivity contribution is -0.154. The quantitative estimate of drug-likeness (QED) is 0.396. The molecule has 6 heteroatoms. The Bertz CT molecular complexity index is 760. The molecule has 0 spiro atoms. The van der Waals surface area contributed by atoms with E-state index < -0.39 is 21.7 Å². The molecule has 0 aromatic heterocycles. The lowest BCUT2D eigenvalue weighted by Gasteiger charge is -2.25. The van der Waals surface area contributed by atoms with E-state index in [0.717, 1.165) is 16.7 Å². The molecule has 0 atom stereocenters. The first-order valence-electron chi connectivity index (χ1n) is 9.94. The van der Waals surface area contributed by atoms with Crippen LogP contribution < -0.4 is 0 Å². The van der Waals surface area contributed by atoms with E-state index in [1.165, 1.54) is 6.92 Å². The Balaban J connectivity index is 3.30. The van der Waals surface area contributed by atoms with Gasteiger partial charge in [0.05, 0.1) is 6.61 Å². The second-order valence-electron chi connectivity index (χ2n) is 8.87. The number of ether oxygens (including phenoxy) is 1. The molecule has 1 rings (SSSR count). The van der Waals surface area contributed by atoms with Crippen molar-refractivity contribution in [3.05, 3.63) is 28.8 Å². The van der Waals surface area contributed by atoms with Crippen molar-refractivity contribution >= 4 is 16.1 Å². The molecule has 0 heterocycles. The van der Waals surface area contributed by atoms with Gasteiger partial charge in [0.2, 0.25) is 0 Å². The summed E-state index contributed by atoms with van der Waals surface area (Å²) in [5.74, 6) is -0.0114. The SMILES string of the molecule is CC(=O)OC(C)(C)CCOS(=O)(=O)c1c(C(C)C)cc(C(C)C)cc1C(C)C. The number of carbonyl (C=O) groups excluding carboxylic acids is 1. The molecule has 0 unspecified atom stereocenters. The minimum atomic E-state index is -3.95. The standard InChI is InChI=1S/C22H36O5S/c1-14(2)18-12-19(15(3)4)21(20(13-18)16(5)6)28(24,25)26-11-10-22(8,9)27-17(7)23/h12-16H,10-11H2,1-9H3. The Morgan fingerprint density at radius 3 is 1.79 bits per heavy atom. The zero-order valence-corrected chi connectivity index (χ0v) is 19.6. The molecule has 0 bridgehead atoms. The minimum absolute atomic E-state index is 0.0436. The fourth-order valence-electron chi connectivity index (χ4n) is 3.07. The number of benzene rings is 1. The average molecular weight is 413 g/mol. The third-order valence-corrected chi connectivity index (χ3v) is 6.14. The molecule has 5 nitrogen and oxygen atoms in total. The summed E-state index contributed by atoms with van der Waals surface area (Å²) in [6.45, 7) is 16.9. The van der Waals surface area contributed by atoms with Gasteiger partial charge in [-0.15, -0.1) is 0 Å². The molecule has 0 amide bonds. The highest BCUT2D eigenvalue weighted by Crippen LogP contribution is 2.36. The van der Waals surface area contributed by atoms with Crippen LogP contribution >= 0.6 is 0 Å². The lowest BCUT2D eigenvalue weighted by atomic mass is 9.89. The van der Waals surface area contributed by atoms with Crippen LogP contribution in [0.15, 0.2) is 17.0 Å². The van der Waals surface area contributed by atoms with Crippen LogP contribution in [0.4, 0.5) is 0 Å². The van der Waals surface area contributed by atoms with Crippen molar-refractivity contribution in [1.82, 2.24) is 0 Å². The van der Waals surface area contributed by atoms with Crippen LogP contribution in [0.3, 0.4) is 0 Å². The molecular weight excluding hydrogens is 376 g/mol. The van der Waals surface area contributed by atoms with E-state index in [9.17, 15) is 13.2 Å². The smallest absolute Gasteiger partial charge is 0.303 e. The number of hydrogen-bond acceptors (Lipinski definition) is 5. The predicted molar refractivity (Wildman–Crippen MR) is 112 cm³/mol. The normalized spacial score (nSPS) is 12.9. The third-order valence-electron chi connectivity index (χ3n) is 4.69. The van der Waals surface area contributed by atoms with Crippen LogP contribution in [-0.4, -0.2) is 26.6 Å². The summed E-state index contributed by atoms with van der Waals surface area (Å²) >= 11 is 0. The van der Waals surface area contributed by atoms with Gasteiger partial charge < -0.3 is 4.74 Å². The fourth-order valence-corrected chi connectivity index (χ4v) is 4.66. The van der Waals surface area contributed by atoms with Crippen LogP contribution in [0, 0.1) is 0 Å². The Morgan fingerprint density at radius 1 is 0.964 bits per heavy atom. The average Bonchev–Trinajstić information content (AvgIpc) is 2.51. The highest BCUT2D eigenvalue weighted by atomic mass is 32.2. The molecule has 0 aliphatic heterocycles. The predicted octanol–water partition coefficient (Wildman–Crippen LogP) is 5.49.